The maximum atomic E-state index is 5.87. The number of nitrogens with one attached hydrogen (secondary N) is 1. The normalized spacial score (nSPS) is 13.3. The lowest BCUT2D eigenvalue weighted by molar-refractivity contribution is 0.308. The number of benzene rings is 1. The maximum absolute atomic E-state index is 5.87. The Labute approximate surface area is 116 Å². The standard InChI is InChI=1S/C15H25ClN2/c1-12(2)13(3)17-9-10-18(4)11-14-5-7-15(16)8-6-14/h5-8,12-13,17H,9-11H2,1-4H3. The van der Waals surface area contributed by atoms with Crippen LogP contribution in [0.15, 0.2) is 24.3 Å². The molecule has 0 fully saturated rings. The van der Waals surface area contributed by atoms with Crippen LogP contribution in [0.25, 0.3) is 0 Å². The lowest BCUT2D eigenvalue weighted by Gasteiger charge is -2.21. The lowest BCUT2D eigenvalue weighted by Crippen LogP contribution is -2.36. The van der Waals surface area contributed by atoms with Crippen LogP contribution in [0.5, 0.6) is 0 Å². The average molecular weight is 269 g/mol. The summed E-state index contributed by atoms with van der Waals surface area (Å²) in [5.41, 5.74) is 1.30. The highest BCUT2D eigenvalue weighted by Crippen LogP contribution is 2.10. The highest BCUT2D eigenvalue weighted by atomic mass is 35.5. The van der Waals surface area contributed by atoms with E-state index in [9.17, 15) is 0 Å². The predicted molar refractivity (Wildman–Crippen MR) is 80.1 cm³/mol. The third-order valence-electron chi connectivity index (χ3n) is 3.33. The molecule has 0 spiro atoms. The zero-order valence-corrected chi connectivity index (χ0v) is 12.7. The van der Waals surface area contributed by atoms with Gasteiger partial charge in [-0.05, 0) is 37.6 Å². The Bertz CT molecular complexity index is 335. The van der Waals surface area contributed by atoms with Crippen LogP contribution in [-0.2, 0) is 6.54 Å². The smallest absolute Gasteiger partial charge is 0.0406 e. The van der Waals surface area contributed by atoms with Gasteiger partial charge in [0.15, 0.2) is 0 Å². The summed E-state index contributed by atoms with van der Waals surface area (Å²) < 4.78 is 0. The van der Waals surface area contributed by atoms with Crippen LogP contribution >= 0.6 is 11.6 Å². The number of hydrogen-bond donors (Lipinski definition) is 1. The number of halogens is 1. The van der Waals surface area contributed by atoms with Gasteiger partial charge in [0.25, 0.3) is 0 Å². The van der Waals surface area contributed by atoms with Crippen molar-refractivity contribution >= 4 is 11.6 Å². The molecule has 1 unspecified atom stereocenters. The largest absolute Gasteiger partial charge is 0.313 e. The molecular weight excluding hydrogens is 244 g/mol. The minimum Gasteiger partial charge on any atom is -0.313 e. The molecule has 1 N–H and O–H groups in total. The van der Waals surface area contributed by atoms with Crippen molar-refractivity contribution in [2.75, 3.05) is 20.1 Å². The van der Waals surface area contributed by atoms with Crippen LogP contribution in [0.1, 0.15) is 26.3 Å². The Morgan fingerprint density at radius 1 is 1.17 bits per heavy atom. The molecule has 0 amide bonds. The number of likely N-dealkylation sites (N-methyl/N-ethyl adjacent to an activating group) is 1. The SMILES string of the molecule is CC(C)C(C)NCCN(C)Cc1ccc(Cl)cc1. The maximum Gasteiger partial charge on any atom is 0.0406 e. The van der Waals surface area contributed by atoms with Gasteiger partial charge in [-0.1, -0.05) is 37.6 Å². The molecule has 102 valence electrons. The minimum absolute atomic E-state index is 0.578. The zero-order valence-electron chi connectivity index (χ0n) is 11.9. The average Bonchev–Trinajstić information content (AvgIpc) is 2.32. The molecule has 3 heteroatoms. The van der Waals surface area contributed by atoms with E-state index in [4.69, 9.17) is 11.6 Å². The summed E-state index contributed by atoms with van der Waals surface area (Å²) in [4.78, 5) is 2.32. The first-order chi connectivity index (χ1) is 8.49. The summed E-state index contributed by atoms with van der Waals surface area (Å²) in [6, 6.07) is 8.65. The third-order valence-corrected chi connectivity index (χ3v) is 3.58. The molecular formula is C15H25ClN2. The summed E-state index contributed by atoms with van der Waals surface area (Å²) in [5, 5.41) is 4.34. The molecule has 0 saturated heterocycles. The van der Waals surface area contributed by atoms with Crippen LogP contribution < -0.4 is 5.32 Å². The van der Waals surface area contributed by atoms with Gasteiger partial charge in [0.2, 0.25) is 0 Å². The molecule has 0 aromatic heterocycles. The van der Waals surface area contributed by atoms with Gasteiger partial charge < -0.3 is 10.2 Å². The molecule has 0 aliphatic rings. The van der Waals surface area contributed by atoms with Crippen LogP contribution in [0.3, 0.4) is 0 Å². The topological polar surface area (TPSA) is 15.3 Å². The van der Waals surface area contributed by atoms with Gasteiger partial charge in [0, 0.05) is 30.7 Å². The summed E-state index contributed by atoms with van der Waals surface area (Å²) >= 11 is 5.87. The Morgan fingerprint density at radius 3 is 2.33 bits per heavy atom. The van der Waals surface area contributed by atoms with E-state index in [0.717, 1.165) is 24.7 Å². The van der Waals surface area contributed by atoms with E-state index in [1.807, 2.05) is 12.1 Å². The second-order valence-electron chi connectivity index (χ2n) is 5.35. The molecule has 1 rings (SSSR count). The van der Waals surface area contributed by atoms with E-state index >= 15 is 0 Å². The van der Waals surface area contributed by atoms with Gasteiger partial charge in [-0.3, -0.25) is 0 Å². The van der Waals surface area contributed by atoms with Crippen molar-refractivity contribution in [3.05, 3.63) is 34.9 Å². The molecule has 1 aromatic rings. The Balaban J connectivity index is 2.25. The fourth-order valence-electron chi connectivity index (χ4n) is 1.70. The molecule has 0 radical (unpaired) electrons. The second-order valence-corrected chi connectivity index (χ2v) is 5.79. The fourth-order valence-corrected chi connectivity index (χ4v) is 1.83. The Morgan fingerprint density at radius 2 is 1.78 bits per heavy atom. The molecule has 0 aliphatic heterocycles. The number of hydrogen-bond acceptors (Lipinski definition) is 2. The van der Waals surface area contributed by atoms with Crippen molar-refractivity contribution in [2.24, 2.45) is 5.92 Å². The number of rotatable bonds is 7. The van der Waals surface area contributed by atoms with E-state index in [0.29, 0.717) is 12.0 Å². The van der Waals surface area contributed by atoms with Crippen LogP contribution in [0.4, 0.5) is 0 Å². The summed E-state index contributed by atoms with van der Waals surface area (Å²) in [5.74, 6) is 0.687. The first-order valence-corrected chi connectivity index (χ1v) is 7.03. The molecule has 0 bridgehead atoms. The molecule has 2 nitrogen and oxygen atoms in total. The molecule has 1 aromatic carbocycles. The Hall–Kier alpha value is -0.570. The van der Waals surface area contributed by atoms with E-state index in [1.54, 1.807) is 0 Å². The molecule has 0 heterocycles. The summed E-state index contributed by atoms with van der Waals surface area (Å²) in [6.45, 7) is 9.78. The van der Waals surface area contributed by atoms with Gasteiger partial charge in [-0.25, -0.2) is 0 Å². The van der Waals surface area contributed by atoms with E-state index in [-0.39, 0.29) is 0 Å². The van der Waals surface area contributed by atoms with Gasteiger partial charge >= 0.3 is 0 Å². The highest BCUT2D eigenvalue weighted by molar-refractivity contribution is 6.30. The van der Waals surface area contributed by atoms with Crippen LogP contribution in [-0.4, -0.2) is 31.1 Å². The summed E-state index contributed by atoms with van der Waals surface area (Å²) in [6.07, 6.45) is 0. The van der Waals surface area contributed by atoms with Gasteiger partial charge in [0.05, 0.1) is 0 Å². The fraction of sp³-hybridized carbons (Fsp3) is 0.600. The monoisotopic (exact) mass is 268 g/mol. The van der Waals surface area contributed by atoms with E-state index < -0.39 is 0 Å². The highest BCUT2D eigenvalue weighted by Gasteiger charge is 2.06. The minimum atomic E-state index is 0.578. The van der Waals surface area contributed by atoms with Crippen molar-refractivity contribution in [3.8, 4) is 0 Å². The van der Waals surface area contributed by atoms with Crippen molar-refractivity contribution in [2.45, 2.75) is 33.4 Å². The van der Waals surface area contributed by atoms with Gasteiger partial charge in [0.1, 0.15) is 0 Å². The van der Waals surface area contributed by atoms with Crippen molar-refractivity contribution < 1.29 is 0 Å². The van der Waals surface area contributed by atoms with Crippen LogP contribution in [0, 0.1) is 5.92 Å². The van der Waals surface area contributed by atoms with Crippen molar-refractivity contribution in [1.29, 1.82) is 0 Å². The second kappa shape index (κ2) is 7.78. The molecule has 0 aliphatic carbocycles. The first kappa shape index (κ1) is 15.5. The zero-order chi connectivity index (χ0) is 13.5. The predicted octanol–water partition coefficient (Wildman–Crippen LogP) is 3.41. The Kier molecular flexibility index (Phi) is 6.69. The first-order valence-electron chi connectivity index (χ1n) is 6.65. The number of nitrogens with zero attached hydrogens (tertiary/aromatic N) is 1. The third kappa shape index (κ3) is 5.85. The van der Waals surface area contributed by atoms with Crippen molar-refractivity contribution in [1.82, 2.24) is 10.2 Å². The van der Waals surface area contributed by atoms with Gasteiger partial charge in [-0.2, -0.15) is 0 Å². The molecule has 18 heavy (non-hydrogen) atoms. The van der Waals surface area contributed by atoms with E-state index in [2.05, 4.69) is 50.2 Å². The molecule has 0 saturated carbocycles. The lowest BCUT2D eigenvalue weighted by atomic mass is 10.1. The van der Waals surface area contributed by atoms with Gasteiger partial charge in [-0.15, -0.1) is 0 Å². The van der Waals surface area contributed by atoms with Crippen molar-refractivity contribution in [3.63, 3.8) is 0 Å². The quantitative estimate of drug-likeness (QED) is 0.815. The summed E-state index contributed by atoms with van der Waals surface area (Å²) in [7, 11) is 2.15. The van der Waals surface area contributed by atoms with E-state index in [1.165, 1.54) is 5.56 Å². The van der Waals surface area contributed by atoms with Crippen LogP contribution in [0.2, 0.25) is 5.02 Å². The molecule has 1 atom stereocenters.